The second kappa shape index (κ2) is 6.08. The lowest BCUT2D eigenvalue weighted by Gasteiger charge is -2.06. The Hall–Kier alpha value is -1.52. The highest BCUT2D eigenvalue weighted by Gasteiger charge is 2.20. The molecule has 106 valence electrons. The van der Waals surface area contributed by atoms with Crippen LogP contribution in [0.3, 0.4) is 0 Å². The lowest BCUT2D eigenvalue weighted by Crippen LogP contribution is -2.27. The van der Waals surface area contributed by atoms with Crippen LogP contribution in [0.4, 0.5) is 5.69 Å². The van der Waals surface area contributed by atoms with Crippen molar-refractivity contribution in [2.45, 2.75) is 4.90 Å². The van der Waals surface area contributed by atoms with E-state index in [1.54, 1.807) is 0 Å². The van der Waals surface area contributed by atoms with Gasteiger partial charge in [-0.05, 0) is 12.1 Å². The molecule has 0 bridgehead atoms. The maximum atomic E-state index is 11.8. The number of hydrogen-bond donors (Lipinski definition) is 2. The fourth-order valence-corrected chi connectivity index (χ4v) is 2.79. The molecule has 0 radical (unpaired) electrons. The number of aromatic hydroxyl groups is 1. The van der Waals surface area contributed by atoms with Crippen molar-refractivity contribution in [3.05, 3.63) is 28.3 Å². The van der Waals surface area contributed by atoms with Gasteiger partial charge in [-0.3, -0.25) is 14.3 Å². The van der Waals surface area contributed by atoms with Crippen LogP contribution < -0.4 is 4.72 Å². The number of nitrogens with zero attached hydrogens (tertiary/aromatic N) is 1. The van der Waals surface area contributed by atoms with Crippen molar-refractivity contribution < 1.29 is 22.7 Å². The van der Waals surface area contributed by atoms with E-state index in [-0.39, 0.29) is 17.2 Å². The van der Waals surface area contributed by atoms with E-state index in [1.165, 1.54) is 6.26 Å². The summed E-state index contributed by atoms with van der Waals surface area (Å²) in [4.78, 5) is 9.38. The molecule has 0 aliphatic heterocycles. The first-order valence-electron chi connectivity index (χ1n) is 5.01. The number of phenols is 1. The Labute approximate surface area is 112 Å². The molecular weight excluding hydrogens is 296 g/mol. The third-order valence-electron chi connectivity index (χ3n) is 2.14. The number of nitrogens with one attached hydrogen (secondary N) is 1. The first-order valence-corrected chi connectivity index (χ1v) is 8.22. The Kier molecular flexibility index (Phi) is 4.97. The van der Waals surface area contributed by atoms with E-state index in [9.17, 15) is 27.8 Å². The highest BCUT2D eigenvalue weighted by Crippen LogP contribution is 2.27. The second-order valence-corrected chi connectivity index (χ2v) is 6.90. The van der Waals surface area contributed by atoms with E-state index in [1.807, 2.05) is 0 Å². The van der Waals surface area contributed by atoms with Gasteiger partial charge in [-0.2, -0.15) is 0 Å². The molecule has 1 rings (SSSR count). The van der Waals surface area contributed by atoms with E-state index >= 15 is 0 Å². The average molecular weight is 308 g/mol. The highest BCUT2D eigenvalue weighted by molar-refractivity contribution is 7.89. The minimum Gasteiger partial charge on any atom is -0.502 e. The maximum Gasteiger partial charge on any atom is 0.312 e. The van der Waals surface area contributed by atoms with Gasteiger partial charge in [-0.15, -0.1) is 0 Å². The largest absolute Gasteiger partial charge is 0.502 e. The molecule has 0 aliphatic carbocycles. The minimum absolute atomic E-state index is 0.0415. The van der Waals surface area contributed by atoms with E-state index in [2.05, 4.69) is 4.72 Å². The maximum absolute atomic E-state index is 11.8. The van der Waals surface area contributed by atoms with Crippen molar-refractivity contribution in [3.8, 4) is 5.75 Å². The van der Waals surface area contributed by atoms with Crippen molar-refractivity contribution in [1.29, 1.82) is 0 Å². The predicted molar refractivity (Wildman–Crippen MR) is 68.9 cm³/mol. The van der Waals surface area contributed by atoms with Crippen LogP contribution in [0.1, 0.15) is 0 Å². The minimum atomic E-state index is -3.93. The van der Waals surface area contributed by atoms with Crippen LogP contribution >= 0.6 is 0 Å². The smallest absolute Gasteiger partial charge is 0.312 e. The summed E-state index contributed by atoms with van der Waals surface area (Å²) in [5, 5.41) is 19.8. The molecule has 10 heteroatoms. The van der Waals surface area contributed by atoms with Gasteiger partial charge in [0.15, 0.2) is 5.75 Å². The van der Waals surface area contributed by atoms with Gasteiger partial charge in [0.25, 0.3) is 0 Å². The van der Waals surface area contributed by atoms with Gasteiger partial charge < -0.3 is 5.11 Å². The third-order valence-corrected chi connectivity index (χ3v) is 4.37. The molecule has 0 saturated heterocycles. The molecule has 1 aromatic carbocycles. The van der Waals surface area contributed by atoms with Crippen molar-refractivity contribution in [2.75, 3.05) is 18.6 Å². The SMILES string of the molecule is CS(=O)CCNS(=O)(=O)c1ccc(O)c([N+](=O)[O-])c1. The topological polar surface area (TPSA) is 127 Å². The van der Waals surface area contributed by atoms with Crippen LogP contribution in [0, 0.1) is 10.1 Å². The number of benzene rings is 1. The van der Waals surface area contributed by atoms with Gasteiger partial charge in [0, 0.05) is 35.4 Å². The summed E-state index contributed by atoms with van der Waals surface area (Å²) in [6, 6.07) is 2.75. The summed E-state index contributed by atoms with van der Waals surface area (Å²) in [6.07, 6.45) is 1.43. The highest BCUT2D eigenvalue weighted by atomic mass is 32.2. The van der Waals surface area contributed by atoms with Crippen LogP contribution in [0.2, 0.25) is 0 Å². The molecule has 0 aliphatic rings. The fraction of sp³-hybridized carbons (Fsp3) is 0.333. The van der Waals surface area contributed by atoms with E-state index in [0.29, 0.717) is 0 Å². The van der Waals surface area contributed by atoms with Gasteiger partial charge in [-0.25, -0.2) is 13.1 Å². The molecule has 0 aromatic heterocycles. The van der Waals surface area contributed by atoms with E-state index in [0.717, 1.165) is 18.2 Å². The number of sulfonamides is 1. The molecule has 0 saturated carbocycles. The summed E-state index contributed by atoms with van der Waals surface area (Å²) >= 11 is 0. The fourth-order valence-electron chi connectivity index (χ4n) is 1.22. The number of rotatable bonds is 6. The van der Waals surface area contributed by atoms with Crippen LogP contribution in [0.25, 0.3) is 0 Å². The molecule has 1 aromatic rings. The number of nitro groups is 1. The molecule has 0 amide bonds. The quantitative estimate of drug-likeness (QED) is 0.560. The van der Waals surface area contributed by atoms with E-state index in [4.69, 9.17) is 0 Å². The monoisotopic (exact) mass is 308 g/mol. The third kappa shape index (κ3) is 4.26. The van der Waals surface area contributed by atoms with Crippen molar-refractivity contribution in [3.63, 3.8) is 0 Å². The summed E-state index contributed by atoms with van der Waals surface area (Å²) in [7, 11) is -5.08. The van der Waals surface area contributed by atoms with Crippen molar-refractivity contribution in [1.82, 2.24) is 4.72 Å². The number of hydrogen-bond acceptors (Lipinski definition) is 6. The molecule has 8 nitrogen and oxygen atoms in total. The van der Waals surface area contributed by atoms with E-state index < -0.39 is 37.2 Å². The van der Waals surface area contributed by atoms with Gasteiger partial charge in [-0.1, -0.05) is 0 Å². The summed E-state index contributed by atoms with van der Waals surface area (Å²) < 4.78 is 36.5. The Morgan fingerprint density at radius 1 is 1.47 bits per heavy atom. The van der Waals surface area contributed by atoms with Crippen molar-refractivity contribution in [2.24, 2.45) is 0 Å². The zero-order valence-electron chi connectivity index (χ0n) is 9.90. The Morgan fingerprint density at radius 3 is 2.63 bits per heavy atom. The average Bonchev–Trinajstić information content (AvgIpc) is 2.27. The zero-order valence-corrected chi connectivity index (χ0v) is 11.5. The summed E-state index contributed by atoms with van der Waals surface area (Å²) in [5.74, 6) is -0.474. The van der Waals surface area contributed by atoms with Crippen LogP contribution in [-0.2, 0) is 20.8 Å². The second-order valence-electron chi connectivity index (χ2n) is 3.58. The van der Waals surface area contributed by atoms with Crippen LogP contribution in [-0.4, -0.2) is 41.2 Å². The lowest BCUT2D eigenvalue weighted by molar-refractivity contribution is -0.386. The molecule has 1 atom stereocenters. The summed E-state index contributed by atoms with van der Waals surface area (Å²) in [6.45, 7) is -0.0415. The van der Waals surface area contributed by atoms with Gasteiger partial charge in [0.2, 0.25) is 10.0 Å². The molecule has 0 fully saturated rings. The molecule has 19 heavy (non-hydrogen) atoms. The standard InChI is InChI=1S/C9H12N2O6S2/c1-18(15)5-4-10-19(16,17)7-2-3-9(12)8(6-7)11(13)14/h2-3,6,10,12H,4-5H2,1H3. The molecule has 0 heterocycles. The first kappa shape index (κ1) is 15.5. The number of nitro benzene ring substituents is 1. The molecule has 0 spiro atoms. The zero-order chi connectivity index (χ0) is 14.6. The van der Waals surface area contributed by atoms with Crippen molar-refractivity contribution >= 4 is 26.5 Å². The Morgan fingerprint density at radius 2 is 2.11 bits per heavy atom. The Balaban J connectivity index is 2.99. The molecule has 1 unspecified atom stereocenters. The first-order chi connectivity index (χ1) is 8.74. The normalized spacial score (nSPS) is 13.1. The Bertz CT molecular complexity index is 613. The van der Waals surface area contributed by atoms with Crippen LogP contribution in [0.5, 0.6) is 5.75 Å². The van der Waals surface area contributed by atoms with Gasteiger partial charge in [0.1, 0.15) is 0 Å². The molecular formula is C9H12N2O6S2. The number of phenolic OH excluding ortho intramolecular Hbond substituents is 1. The van der Waals surface area contributed by atoms with Crippen LogP contribution in [0.15, 0.2) is 23.1 Å². The lowest BCUT2D eigenvalue weighted by atomic mass is 10.3. The molecule has 2 N–H and O–H groups in total. The predicted octanol–water partition coefficient (Wildman–Crippen LogP) is -0.0428. The van der Waals surface area contributed by atoms with Gasteiger partial charge in [0.05, 0.1) is 9.82 Å². The van der Waals surface area contributed by atoms with Gasteiger partial charge >= 0.3 is 5.69 Å². The summed E-state index contributed by atoms with van der Waals surface area (Å²) in [5.41, 5.74) is -0.693.